The van der Waals surface area contributed by atoms with E-state index in [9.17, 15) is 14.0 Å². The third kappa shape index (κ3) is 4.61. The van der Waals surface area contributed by atoms with E-state index in [1.54, 1.807) is 6.07 Å². The summed E-state index contributed by atoms with van der Waals surface area (Å²) in [6.07, 6.45) is 0. The number of nitrogens with zero attached hydrogens (tertiary/aromatic N) is 1. The lowest BCUT2D eigenvalue weighted by Gasteiger charge is -2.21. The smallest absolute Gasteiger partial charge is 0.254 e. The number of carbonyl (C=O) groups is 2. The minimum atomic E-state index is -0.823. The first-order valence-electron chi connectivity index (χ1n) is 8.83. The van der Waals surface area contributed by atoms with E-state index in [1.165, 1.54) is 29.5 Å². The average Bonchev–Trinajstić information content (AvgIpc) is 3.15. The van der Waals surface area contributed by atoms with Crippen molar-refractivity contribution < 1.29 is 14.0 Å². The molecule has 0 radical (unpaired) electrons. The average molecular weight is 397 g/mol. The summed E-state index contributed by atoms with van der Waals surface area (Å²) in [4.78, 5) is 29.5. The highest BCUT2D eigenvalue weighted by molar-refractivity contribution is 7.14. The molecule has 3 aromatic rings. The quantitative estimate of drug-likeness (QED) is 0.650. The number of aromatic nitrogens is 1. The number of halogens is 1. The minimum absolute atomic E-state index is 0.0958. The van der Waals surface area contributed by atoms with Crippen molar-refractivity contribution >= 4 is 28.3 Å². The van der Waals surface area contributed by atoms with Crippen LogP contribution in [0.3, 0.4) is 0 Å². The van der Waals surface area contributed by atoms with Crippen molar-refractivity contribution in [3.05, 3.63) is 71.4 Å². The number of thiazole rings is 1. The number of nitrogens with one attached hydrogen (secondary N) is 2. The van der Waals surface area contributed by atoms with Gasteiger partial charge in [0, 0.05) is 10.9 Å². The van der Waals surface area contributed by atoms with Crippen LogP contribution in [0.5, 0.6) is 0 Å². The molecule has 0 bridgehead atoms. The largest absolute Gasteiger partial charge is 0.340 e. The number of rotatable bonds is 6. The topological polar surface area (TPSA) is 71.1 Å². The molecule has 2 amide bonds. The van der Waals surface area contributed by atoms with Gasteiger partial charge in [-0.2, -0.15) is 0 Å². The molecule has 0 aliphatic carbocycles. The second-order valence-corrected chi connectivity index (χ2v) is 7.43. The zero-order valence-corrected chi connectivity index (χ0v) is 16.3. The predicted octanol–water partition coefficient (Wildman–Crippen LogP) is 4.34. The van der Waals surface area contributed by atoms with Gasteiger partial charge in [0.25, 0.3) is 5.91 Å². The summed E-state index contributed by atoms with van der Waals surface area (Å²) in [5, 5.41) is 7.66. The van der Waals surface area contributed by atoms with Crippen molar-refractivity contribution in [1.29, 1.82) is 0 Å². The fourth-order valence-corrected chi connectivity index (χ4v) is 3.38. The van der Waals surface area contributed by atoms with Crippen LogP contribution in [0.1, 0.15) is 24.2 Å². The molecule has 28 heavy (non-hydrogen) atoms. The highest BCUT2D eigenvalue weighted by Gasteiger charge is 2.26. The Balaban J connectivity index is 1.71. The van der Waals surface area contributed by atoms with Crippen LogP contribution >= 0.6 is 11.3 Å². The van der Waals surface area contributed by atoms with Crippen LogP contribution in [0.2, 0.25) is 0 Å². The molecule has 0 aliphatic heterocycles. The Labute approximate surface area is 166 Å². The summed E-state index contributed by atoms with van der Waals surface area (Å²) in [5.74, 6) is -1.84. The van der Waals surface area contributed by atoms with E-state index in [4.69, 9.17) is 0 Å². The molecule has 3 rings (SSSR count). The monoisotopic (exact) mass is 397 g/mol. The summed E-state index contributed by atoms with van der Waals surface area (Å²) in [5.41, 5.74) is 1.62. The standard InChI is InChI=1S/C21H20FN3O2S/c1-13(2)18(24-19(26)15-10-6-7-11-16(15)22)20(27)25-21-23-17(12-28-21)14-8-4-3-5-9-14/h3-13,18H,1-2H3,(H,24,26)(H,23,25,27). The van der Waals surface area contributed by atoms with Gasteiger partial charge in [0.2, 0.25) is 5.91 Å². The Morgan fingerprint density at radius 2 is 1.71 bits per heavy atom. The van der Waals surface area contributed by atoms with Crippen LogP contribution in [0, 0.1) is 11.7 Å². The molecular weight excluding hydrogens is 377 g/mol. The fourth-order valence-electron chi connectivity index (χ4n) is 2.66. The van der Waals surface area contributed by atoms with E-state index < -0.39 is 23.7 Å². The molecule has 0 saturated carbocycles. The van der Waals surface area contributed by atoms with Crippen molar-refractivity contribution in [2.24, 2.45) is 5.92 Å². The molecule has 7 heteroatoms. The Morgan fingerprint density at radius 3 is 2.39 bits per heavy atom. The maximum atomic E-state index is 13.8. The molecule has 144 valence electrons. The van der Waals surface area contributed by atoms with Crippen LogP contribution in [-0.4, -0.2) is 22.8 Å². The minimum Gasteiger partial charge on any atom is -0.340 e. The van der Waals surface area contributed by atoms with Crippen molar-refractivity contribution in [3.63, 3.8) is 0 Å². The lowest BCUT2D eigenvalue weighted by Crippen LogP contribution is -2.47. The third-order valence-electron chi connectivity index (χ3n) is 4.16. The first-order chi connectivity index (χ1) is 13.5. The van der Waals surface area contributed by atoms with E-state index >= 15 is 0 Å². The van der Waals surface area contributed by atoms with E-state index in [1.807, 2.05) is 49.6 Å². The van der Waals surface area contributed by atoms with Crippen LogP contribution < -0.4 is 10.6 Å². The number of benzene rings is 2. The molecule has 1 aromatic heterocycles. The van der Waals surface area contributed by atoms with Gasteiger partial charge < -0.3 is 10.6 Å². The van der Waals surface area contributed by atoms with Crippen molar-refractivity contribution in [1.82, 2.24) is 10.3 Å². The maximum Gasteiger partial charge on any atom is 0.254 e. The molecule has 0 fully saturated rings. The Kier molecular flexibility index (Phi) is 6.16. The summed E-state index contributed by atoms with van der Waals surface area (Å²) in [6.45, 7) is 3.62. The van der Waals surface area contributed by atoms with Crippen LogP contribution in [0.25, 0.3) is 11.3 Å². The maximum absolute atomic E-state index is 13.8. The van der Waals surface area contributed by atoms with Gasteiger partial charge in [0.05, 0.1) is 11.3 Å². The van der Waals surface area contributed by atoms with Gasteiger partial charge in [-0.15, -0.1) is 11.3 Å². The summed E-state index contributed by atoms with van der Waals surface area (Å²) in [7, 11) is 0. The molecule has 1 heterocycles. The lowest BCUT2D eigenvalue weighted by atomic mass is 10.0. The number of carbonyl (C=O) groups excluding carboxylic acids is 2. The molecular formula is C21H20FN3O2S. The Hall–Kier alpha value is -3.06. The lowest BCUT2D eigenvalue weighted by molar-refractivity contribution is -0.118. The van der Waals surface area contributed by atoms with Gasteiger partial charge in [-0.25, -0.2) is 9.37 Å². The first kappa shape index (κ1) is 19.7. The second-order valence-electron chi connectivity index (χ2n) is 6.57. The molecule has 2 aromatic carbocycles. The van der Waals surface area contributed by atoms with Gasteiger partial charge >= 0.3 is 0 Å². The molecule has 1 atom stereocenters. The van der Waals surface area contributed by atoms with Gasteiger partial charge in [-0.05, 0) is 18.1 Å². The highest BCUT2D eigenvalue weighted by Crippen LogP contribution is 2.25. The molecule has 0 spiro atoms. The zero-order chi connectivity index (χ0) is 20.1. The number of amides is 2. The third-order valence-corrected chi connectivity index (χ3v) is 4.92. The zero-order valence-electron chi connectivity index (χ0n) is 15.5. The van der Waals surface area contributed by atoms with Crippen LogP contribution in [0.15, 0.2) is 60.0 Å². The van der Waals surface area contributed by atoms with Crippen LogP contribution in [-0.2, 0) is 4.79 Å². The normalized spacial score (nSPS) is 11.9. The van der Waals surface area contributed by atoms with Gasteiger partial charge in [-0.1, -0.05) is 56.3 Å². The van der Waals surface area contributed by atoms with Gasteiger partial charge in [0.15, 0.2) is 5.13 Å². The van der Waals surface area contributed by atoms with E-state index in [2.05, 4.69) is 15.6 Å². The molecule has 0 saturated heterocycles. The van der Waals surface area contributed by atoms with Crippen LogP contribution in [0.4, 0.5) is 9.52 Å². The molecule has 0 aliphatic rings. The van der Waals surface area contributed by atoms with Gasteiger partial charge in [-0.3, -0.25) is 9.59 Å². The molecule has 1 unspecified atom stereocenters. The van der Waals surface area contributed by atoms with E-state index in [-0.39, 0.29) is 11.5 Å². The van der Waals surface area contributed by atoms with Crippen molar-refractivity contribution in [2.45, 2.75) is 19.9 Å². The highest BCUT2D eigenvalue weighted by atomic mass is 32.1. The summed E-state index contributed by atoms with van der Waals surface area (Å²) < 4.78 is 13.8. The molecule has 2 N–H and O–H groups in total. The van der Waals surface area contributed by atoms with E-state index in [0.717, 1.165) is 11.3 Å². The summed E-state index contributed by atoms with van der Waals surface area (Å²) in [6, 6.07) is 14.5. The number of hydrogen-bond donors (Lipinski definition) is 2. The SMILES string of the molecule is CC(C)C(NC(=O)c1ccccc1F)C(=O)Nc1nc(-c2ccccc2)cs1. The Morgan fingerprint density at radius 1 is 1.04 bits per heavy atom. The van der Waals surface area contributed by atoms with Crippen molar-refractivity contribution in [2.75, 3.05) is 5.32 Å². The predicted molar refractivity (Wildman–Crippen MR) is 109 cm³/mol. The second kappa shape index (κ2) is 8.75. The van der Waals surface area contributed by atoms with Crippen molar-refractivity contribution in [3.8, 4) is 11.3 Å². The fraction of sp³-hybridized carbons (Fsp3) is 0.190. The summed E-state index contributed by atoms with van der Waals surface area (Å²) >= 11 is 1.30. The molecule has 5 nitrogen and oxygen atoms in total. The van der Waals surface area contributed by atoms with Gasteiger partial charge in [0.1, 0.15) is 11.9 Å². The Bertz CT molecular complexity index is 973. The number of hydrogen-bond acceptors (Lipinski definition) is 4. The number of anilines is 1. The van der Waals surface area contributed by atoms with E-state index in [0.29, 0.717) is 5.13 Å². The first-order valence-corrected chi connectivity index (χ1v) is 9.71.